The summed E-state index contributed by atoms with van der Waals surface area (Å²) >= 11 is 0. The number of piperazine rings is 1. The van der Waals surface area contributed by atoms with E-state index in [2.05, 4.69) is 51.2 Å². The fourth-order valence-electron chi connectivity index (χ4n) is 2.62. The zero-order chi connectivity index (χ0) is 14.0. The highest BCUT2D eigenvalue weighted by molar-refractivity contribution is 5.79. The van der Waals surface area contributed by atoms with E-state index in [0.717, 1.165) is 25.2 Å². The Hall–Kier alpha value is -1.35. The van der Waals surface area contributed by atoms with Crippen molar-refractivity contribution in [1.29, 1.82) is 0 Å². The van der Waals surface area contributed by atoms with Crippen LogP contribution in [0.5, 0.6) is 0 Å². The molecule has 1 heterocycles. The van der Waals surface area contributed by atoms with Crippen molar-refractivity contribution in [3.8, 4) is 0 Å². The molecule has 0 unspecified atom stereocenters. The summed E-state index contributed by atoms with van der Waals surface area (Å²) in [5, 5.41) is 3.43. The van der Waals surface area contributed by atoms with Crippen LogP contribution >= 0.6 is 0 Å². The van der Waals surface area contributed by atoms with Gasteiger partial charge in [-0.15, -0.1) is 0 Å². The van der Waals surface area contributed by atoms with Gasteiger partial charge in [0.25, 0.3) is 0 Å². The van der Waals surface area contributed by atoms with Gasteiger partial charge in [-0.3, -0.25) is 4.79 Å². The van der Waals surface area contributed by atoms with Crippen LogP contribution in [0.2, 0.25) is 0 Å². The topological polar surface area (TPSA) is 32.3 Å². The molecule has 1 aromatic rings. The predicted octanol–water partition coefficient (Wildman–Crippen LogP) is 2.06. The molecule has 2 rings (SSSR count). The van der Waals surface area contributed by atoms with Crippen LogP contribution in [0.25, 0.3) is 0 Å². The third kappa shape index (κ3) is 3.57. The van der Waals surface area contributed by atoms with Gasteiger partial charge in [-0.25, -0.2) is 0 Å². The summed E-state index contributed by atoms with van der Waals surface area (Å²) < 4.78 is 0. The second kappa shape index (κ2) is 5.33. The number of hydrogen-bond donors (Lipinski definition) is 1. The van der Waals surface area contributed by atoms with Crippen LogP contribution in [0, 0.1) is 13.8 Å². The quantitative estimate of drug-likeness (QED) is 0.882. The summed E-state index contributed by atoms with van der Waals surface area (Å²) in [4.78, 5) is 14.4. The SMILES string of the molecule is Cc1ccc(C)c(CC(=O)N2CCNC(C)(C)C2)c1. The highest BCUT2D eigenvalue weighted by atomic mass is 16.2. The Bertz CT molecular complexity index is 480. The highest BCUT2D eigenvalue weighted by Gasteiger charge is 2.28. The van der Waals surface area contributed by atoms with Crippen molar-refractivity contribution in [3.63, 3.8) is 0 Å². The number of hydrogen-bond acceptors (Lipinski definition) is 2. The smallest absolute Gasteiger partial charge is 0.227 e. The molecule has 0 aromatic heterocycles. The molecule has 1 N–H and O–H groups in total. The van der Waals surface area contributed by atoms with Crippen LogP contribution in [0.1, 0.15) is 30.5 Å². The van der Waals surface area contributed by atoms with Gasteiger partial charge in [-0.05, 0) is 38.8 Å². The number of rotatable bonds is 2. The van der Waals surface area contributed by atoms with Crippen LogP contribution in [0.3, 0.4) is 0 Å². The second-order valence-corrected chi connectivity index (χ2v) is 6.23. The van der Waals surface area contributed by atoms with Gasteiger partial charge in [0.1, 0.15) is 0 Å². The fourth-order valence-corrected chi connectivity index (χ4v) is 2.62. The molecule has 1 amide bonds. The highest BCUT2D eigenvalue weighted by Crippen LogP contribution is 2.15. The van der Waals surface area contributed by atoms with Crippen LogP contribution in [-0.2, 0) is 11.2 Å². The van der Waals surface area contributed by atoms with Crippen molar-refractivity contribution < 1.29 is 4.79 Å². The molecular formula is C16H24N2O. The van der Waals surface area contributed by atoms with E-state index in [-0.39, 0.29) is 11.4 Å². The molecule has 19 heavy (non-hydrogen) atoms. The van der Waals surface area contributed by atoms with Gasteiger partial charge in [0, 0.05) is 25.2 Å². The van der Waals surface area contributed by atoms with Crippen molar-refractivity contribution in [1.82, 2.24) is 10.2 Å². The Labute approximate surface area is 116 Å². The Morgan fingerprint density at radius 2 is 2.11 bits per heavy atom. The van der Waals surface area contributed by atoms with Crippen LogP contribution < -0.4 is 5.32 Å². The van der Waals surface area contributed by atoms with E-state index in [9.17, 15) is 4.79 Å². The van der Waals surface area contributed by atoms with Crippen molar-refractivity contribution in [3.05, 3.63) is 34.9 Å². The maximum atomic E-state index is 12.4. The molecule has 0 spiro atoms. The van der Waals surface area contributed by atoms with Gasteiger partial charge >= 0.3 is 0 Å². The summed E-state index contributed by atoms with van der Waals surface area (Å²) in [5.41, 5.74) is 3.60. The maximum Gasteiger partial charge on any atom is 0.227 e. The molecule has 0 bridgehead atoms. The molecule has 1 aliphatic rings. The molecule has 1 saturated heterocycles. The van der Waals surface area contributed by atoms with Gasteiger partial charge < -0.3 is 10.2 Å². The molecule has 1 fully saturated rings. The molecule has 0 saturated carbocycles. The first kappa shape index (κ1) is 14.1. The fraction of sp³-hybridized carbons (Fsp3) is 0.562. The Morgan fingerprint density at radius 3 is 2.79 bits per heavy atom. The minimum Gasteiger partial charge on any atom is -0.339 e. The van der Waals surface area contributed by atoms with E-state index in [1.807, 2.05) is 4.90 Å². The third-order valence-electron chi connectivity index (χ3n) is 3.77. The number of nitrogens with zero attached hydrogens (tertiary/aromatic N) is 1. The van der Waals surface area contributed by atoms with Gasteiger partial charge in [-0.1, -0.05) is 23.8 Å². The van der Waals surface area contributed by atoms with E-state index in [1.165, 1.54) is 11.1 Å². The number of benzene rings is 1. The van der Waals surface area contributed by atoms with Crippen LogP contribution in [0.15, 0.2) is 18.2 Å². The van der Waals surface area contributed by atoms with Crippen molar-refractivity contribution in [2.24, 2.45) is 0 Å². The minimum absolute atomic E-state index is 0.0234. The summed E-state index contributed by atoms with van der Waals surface area (Å²) in [6.45, 7) is 10.9. The van der Waals surface area contributed by atoms with E-state index < -0.39 is 0 Å². The standard InChI is InChI=1S/C16H24N2O/c1-12-5-6-13(2)14(9-12)10-15(19)18-8-7-17-16(3,4)11-18/h5-6,9,17H,7-8,10-11H2,1-4H3. The molecule has 1 aliphatic heterocycles. The van der Waals surface area contributed by atoms with E-state index >= 15 is 0 Å². The Kier molecular flexibility index (Phi) is 3.95. The average molecular weight is 260 g/mol. The number of carbonyl (C=O) groups excluding carboxylic acids is 1. The number of aryl methyl sites for hydroxylation is 2. The first-order chi connectivity index (χ1) is 8.87. The van der Waals surface area contributed by atoms with Gasteiger partial charge in [0.15, 0.2) is 0 Å². The number of carbonyl (C=O) groups is 1. The molecule has 3 nitrogen and oxygen atoms in total. The predicted molar refractivity (Wildman–Crippen MR) is 78.3 cm³/mol. The Morgan fingerprint density at radius 1 is 1.37 bits per heavy atom. The zero-order valence-electron chi connectivity index (χ0n) is 12.4. The van der Waals surface area contributed by atoms with Crippen molar-refractivity contribution in [2.45, 2.75) is 39.7 Å². The van der Waals surface area contributed by atoms with Crippen molar-refractivity contribution in [2.75, 3.05) is 19.6 Å². The van der Waals surface area contributed by atoms with Gasteiger partial charge in [-0.2, -0.15) is 0 Å². The first-order valence-electron chi connectivity index (χ1n) is 6.96. The van der Waals surface area contributed by atoms with Crippen LogP contribution in [-0.4, -0.2) is 36.0 Å². The van der Waals surface area contributed by atoms with Crippen molar-refractivity contribution >= 4 is 5.91 Å². The summed E-state index contributed by atoms with van der Waals surface area (Å²) in [6.07, 6.45) is 0.517. The van der Waals surface area contributed by atoms with Crippen LogP contribution in [0.4, 0.5) is 0 Å². The summed E-state index contributed by atoms with van der Waals surface area (Å²) in [6, 6.07) is 6.32. The van der Waals surface area contributed by atoms with E-state index in [1.54, 1.807) is 0 Å². The zero-order valence-corrected chi connectivity index (χ0v) is 12.4. The average Bonchev–Trinajstić information content (AvgIpc) is 2.32. The number of nitrogens with one attached hydrogen (secondary N) is 1. The van der Waals surface area contributed by atoms with Gasteiger partial charge in [0.2, 0.25) is 5.91 Å². The monoisotopic (exact) mass is 260 g/mol. The third-order valence-corrected chi connectivity index (χ3v) is 3.77. The molecule has 0 atom stereocenters. The largest absolute Gasteiger partial charge is 0.339 e. The van der Waals surface area contributed by atoms with E-state index in [4.69, 9.17) is 0 Å². The molecule has 0 radical (unpaired) electrons. The molecule has 1 aromatic carbocycles. The molecular weight excluding hydrogens is 236 g/mol. The maximum absolute atomic E-state index is 12.4. The lowest BCUT2D eigenvalue weighted by atomic mass is 9.99. The Balaban J connectivity index is 2.06. The molecule has 0 aliphatic carbocycles. The molecule has 3 heteroatoms. The minimum atomic E-state index is 0.0234. The first-order valence-corrected chi connectivity index (χ1v) is 6.96. The molecule has 104 valence electrons. The summed E-state index contributed by atoms with van der Waals surface area (Å²) in [5.74, 6) is 0.239. The van der Waals surface area contributed by atoms with E-state index in [0.29, 0.717) is 6.42 Å². The lowest BCUT2D eigenvalue weighted by Crippen LogP contribution is -2.58. The summed E-state index contributed by atoms with van der Waals surface area (Å²) in [7, 11) is 0. The number of amides is 1. The second-order valence-electron chi connectivity index (χ2n) is 6.23. The normalized spacial score (nSPS) is 18.4. The van der Waals surface area contributed by atoms with Gasteiger partial charge in [0.05, 0.1) is 6.42 Å². The lowest BCUT2D eigenvalue weighted by Gasteiger charge is -2.39. The lowest BCUT2D eigenvalue weighted by molar-refractivity contribution is -0.132.